The molecule has 1 aromatic carbocycles. The molecule has 100 valence electrons. The molecule has 1 saturated heterocycles. The monoisotopic (exact) mass is 275 g/mol. The Morgan fingerprint density at radius 1 is 1.32 bits per heavy atom. The Morgan fingerprint density at radius 2 is 2.16 bits per heavy atom. The van der Waals surface area contributed by atoms with Crippen molar-refractivity contribution >= 4 is 11.8 Å². The minimum absolute atomic E-state index is 0.362. The Bertz CT molecular complexity index is 532. The Kier molecular flexibility index (Phi) is 3.84. The molecule has 2 aromatic rings. The van der Waals surface area contributed by atoms with Crippen LogP contribution in [0.3, 0.4) is 0 Å². The van der Waals surface area contributed by atoms with E-state index in [2.05, 4.69) is 33.8 Å². The largest absolute Gasteiger partial charge is 0.339 e. The van der Waals surface area contributed by atoms with Crippen LogP contribution in [0.2, 0.25) is 0 Å². The second-order valence-electron chi connectivity index (χ2n) is 4.73. The number of hydrogen-bond donors (Lipinski definition) is 1. The Balaban J connectivity index is 1.79. The van der Waals surface area contributed by atoms with Gasteiger partial charge in [-0.2, -0.15) is 4.98 Å². The highest BCUT2D eigenvalue weighted by Crippen LogP contribution is 2.25. The topological polar surface area (TPSA) is 51.0 Å². The maximum absolute atomic E-state index is 5.41. The molecule has 1 aromatic heterocycles. The number of aromatic nitrogens is 2. The lowest BCUT2D eigenvalue weighted by Crippen LogP contribution is -2.28. The maximum atomic E-state index is 5.41. The number of benzene rings is 1. The van der Waals surface area contributed by atoms with Gasteiger partial charge >= 0.3 is 0 Å². The van der Waals surface area contributed by atoms with Crippen LogP contribution in [-0.4, -0.2) is 29.5 Å². The summed E-state index contributed by atoms with van der Waals surface area (Å²) in [5.41, 5.74) is 1.01. The van der Waals surface area contributed by atoms with Crippen molar-refractivity contribution in [2.45, 2.75) is 23.7 Å². The number of thioether (sulfide) groups is 1. The van der Waals surface area contributed by atoms with Gasteiger partial charge in [0.15, 0.2) is 0 Å². The van der Waals surface area contributed by atoms with Gasteiger partial charge in [0.25, 0.3) is 0 Å². The van der Waals surface area contributed by atoms with Gasteiger partial charge in [0, 0.05) is 17.0 Å². The summed E-state index contributed by atoms with van der Waals surface area (Å²) in [7, 11) is 0. The van der Waals surface area contributed by atoms with Crippen LogP contribution in [0.25, 0.3) is 11.4 Å². The predicted octanol–water partition coefficient (Wildman–Crippen LogP) is 2.93. The normalized spacial score (nSPS) is 19.5. The van der Waals surface area contributed by atoms with E-state index in [9.17, 15) is 0 Å². The highest BCUT2D eigenvalue weighted by molar-refractivity contribution is 7.98. The molecular formula is C14H17N3OS. The van der Waals surface area contributed by atoms with Gasteiger partial charge in [-0.25, -0.2) is 0 Å². The van der Waals surface area contributed by atoms with E-state index in [1.165, 1.54) is 11.3 Å². The highest BCUT2D eigenvalue weighted by Gasteiger charge is 2.21. The molecule has 1 fully saturated rings. The lowest BCUT2D eigenvalue weighted by molar-refractivity contribution is 0.322. The van der Waals surface area contributed by atoms with Crippen molar-refractivity contribution in [2.24, 2.45) is 0 Å². The lowest BCUT2D eigenvalue weighted by Gasteiger charge is -2.18. The first-order valence-corrected chi connectivity index (χ1v) is 7.78. The van der Waals surface area contributed by atoms with E-state index >= 15 is 0 Å². The van der Waals surface area contributed by atoms with Crippen molar-refractivity contribution in [1.29, 1.82) is 0 Å². The smallest absolute Gasteiger partial charge is 0.231 e. The van der Waals surface area contributed by atoms with Crippen LogP contribution in [-0.2, 0) is 0 Å². The molecule has 1 N–H and O–H groups in total. The summed E-state index contributed by atoms with van der Waals surface area (Å²) >= 11 is 1.73. The third-order valence-electron chi connectivity index (χ3n) is 3.44. The summed E-state index contributed by atoms with van der Waals surface area (Å²) in [6, 6.07) is 8.25. The molecule has 1 aliphatic rings. The fraction of sp³-hybridized carbons (Fsp3) is 0.429. The first-order valence-electron chi connectivity index (χ1n) is 6.55. The average molecular weight is 275 g/mol. The minimum atomic E-state index is 0.362. The Hall–Kier alpha value is -1.33. The van der Waals surface area contributed by atoms with Gasteiger partial charge in [0.2, 0.25) is 11.7 Å². The zero-order chi connectivity index (χ0) is 13.1. The van der Waals surface area contributed by atoms with Crippen molar-refractivity contribution in [2.75, 3.05) is 19.3 Å². The molecule has 1 aliphatic heterocycles. The molecular weight excluding hydrogens is 258 g/mol. The van der Waals surface area contributed by atoms with Gasteiger partial charge in [0.05, 0.1) is 5.92 Å². The molecule has 0 bridgehead atoms. The van der Waals surface area contributed by atoms with E-state index in [0.717, 1.165) is 31.0 Å². The molecule has 1 atom stereocenters. The summed E-state index contributed by atoms with van der Waals surface area (Å²) < 4.78 is 5.41. The summed E-state index contributed by atoms with van der Waals surface area (Å²) in [4.78, 5) is 5.77. The summed E-state index contributed by atoms with van der Waals surface area (Å²) in [5, 5.41) is 7.46. The first kappa shape index (κ1) is 12.7. The number of rotatable bonds is 3. The zero-order valence-corrected chi connectivity index (χ0v) is 11.7. The lowest BCUT2D eigenvalue weighted by atomic mass is 10.00. The van der Waals surface area contributed by atoms with E-state index in [1.807, 2.05) is 12.1 Å². The van der Waals surface area contributed by atoms with Gasteiger partial charge in [-0.1, -0.05) is 5.16 Å². The third-order valence-corrected chi connectivity index (χ3v) is 4.18. The van der Waals surface area contributed by atoms with Crippen LogP contribution < -0.4 is 5.32 Å². The fourth-order valence-corrected chi connectivity index (χ4v) is 2.73. The number of nitrogens with zero attached hydrogens (tertiary/aromatic N) is 2. The van der Waals surface area contributed by atoms with Gasteiger partial charge in [-0.15, -0.1) is 11.8 Å². The predicted molar refractivity (Wildman–Crippen MR) is 76.4 cm³/mol. The quantitative estimate of drug-likeness (QED) is 0.873. The molecule has 4 nitrogen and oxygen atoms in total. The molecule has 0 spiro atoms. The SMILES string of the molecule is CSc1ccc(-c2noc([C@@H]3CCCNC3)n2)cc1. The van der Waals surface area contributed by atoms with Crippen molar-refractivity contribution in [1.82, 2.24) is 15.5 Å². The van der Waals surface area contributed by atoms with E-state index < -0.39 is 0 Å². The standard InChI is InChI=1S/C14H17N3OS/c1-19-12-6-4-10(5-7-12)13-16-14(18-17-13)11-3-2-8-15-9-11/h4-7,11,15H,2-3,8-9H2,1H3/t11-/m1/s1. The zero-order valence-electron chi connectivity index (χ0n) is 10.9. The molecule has 19 heavy (non-hydrogen) atoms. The Morgan fingerprint density at radius 3 is 2.84 bits per heavy atom. The first-order chi connectivity index (χ1) is 9.36. The van der Waals surface area contributed by atoms with Crippen LogP contribution in [0.1, 0.15) is 24.7 Å². The third kappa shape index (κ3) is 2.82. The van der Waals surface area contributed by atoms with Crippen LogP contribution in [0.5, 0.6) is 0 Å². The van der Waals surface area contributed by atoms with Crippen molar-refractivity contribution in [3.05, 3.63) is 30.2 Å². The molecule has 0 radical (unpaired) electrons. The molecule has 0 aliphatic carbocycles. The molecule has 5 heteroatoms. The van der Waals surface area contributed by atoms with Crippen molar-refractivity contribution in [3.8, 4) is 11.4 Å². The van der Waals surface area contributed by atoms with E-state index in [4.69, 9.17) is 4.52 Å². The molecule has 0 amide bonds. The number of hydrogen-bond acceptors (Lipinski definition) is 5. The van der Waals surface area contributed by atoms with E-state index in [0.29, 0.717) is 11.7 Å². The van der Waals surface area contributed by atoms with Crippen molar-refractivity contribution in [3.63, 3.8) is 0 Å². The Labute approximate surface area is 117 Å². The summed E-state index contributed by atoms with van der Waals surface area (Å²) in [6.45, 7) is 2.03. The summed E-state index contributed by atoms with van der Waals surface area (Å²) in [5.74, 6) is 1.81. The van der Waals surface area contributed by atoms with Gasteiger partial charge < -0.3 is 9.84 Å². The number of piperidine rings is 1. The van der Waals surface area contributed by atoms with E-state index in [1.54, 1.807) is 11.8 Å². The van der Waals surface area contributed by atoms with Crippen LogP contribution >= 0.6 is 11.8 Å². The van der Waals surface area contributed by atoms with E-state index in [-0.39, 0.29) is 0 Å². The van der Waals surface area contributed by atoms with Crippen LogP contribution in [0.15, 0.2) is 33.7 Å². The molecule has 2 heterocycles. The fourth-order valence-electron chi connectivity index (χ4n) is 2.32. The molecule has 3 rings (SSSR count). The minimum Gasteiger partial charge on any atom is -0.339 e. The maximum Gasteiger partial charge on any atom is 0.231 e. The van der Waals surface area contributed by atoms with Crippen LogP contribution in [0, 0.1) is 0 Å². The summed E-state index contributed by atoms with van der Waals surface area (Å²) in [6.07, 6.45) is 4.36. The van der Waals surface area contributed by atoms with Gasteiger partial charge in [-0.3, -0.25) is 0 Å². The average Bonchev–Trinajstić information content (AvgIpc) is 2.98. The highest BCUT2D eigenvalue weighted by atomic mass is 32.2. The van der Waals surface area contributed by atoms with Gasteiger partial charge in [-0.05, 0) is 49.9 Å². The second-order valence-corrected chi connectivity index (χ2v) is 5.61. The van der Waals surface area contributed by atoms with Gasteiger partial charge in [0.1, 0.15) is 0 Å². The number of nitrogens with one attached hydrogen (secondary N) is 1. The van der Waals surface area contributed by atoms with Crippen molar-refractivity contribution < 1.29 is 4.52 Å². The van der Waals surface area contributed by atoms with Crippen LogP contribution in [0.4, 0.5) is 0 Å². The molecule has 0 unspecified atom stereocenters. The molecule has 0 saturated carbocycles. The second kappa shape index (κ2) is 5.75.